The van der Waals surface area contributed by atoms with Crippen molar-refractivity contribution in [1.29, 1.82) is 0 Å². The van der Waals surface area contributed by atoms with Gasteiger partial charge in [0.1, 0.15) is 11.0 Å². The van der Waals surface area contributed by atoms with Gasteiger partial charge in [0, 0.05) is 25.7 Å². The van der Waals surface area contributed by atoms with Gasteiger partial charge in [-0.15, -0.1) is 5.10 Å². The maximum Gasteiger partial charge on any atom is 0.254 e. The molecule has 0 unspecified atom stereocenters. The standard InChI is InChI=1S/C18H18N6OS/c1-23(18(25)12-5-6-15-16(7-12)22-26-21-15)13-9-24(10-13)17-8-11-3-2-4-14(11)19-20-17/h5-8,13H,2-4,9-10H2,1H3. The molecule has 0 radical (unpaired) electrons. The van der Waals surface area contributed by atoms with E-state index in [-0.39, 0.29) is 11.9 Å². The highest BCUT2D eigenvalue weighted by Crippen LogP contribution is 2.27. The van der Waals surface area contributed by atoms with E-state index >= 15 is 0 Å². The topological polar surface area (TPSA) is 75.1 Å². The number of rotatable bonds is 3. The fourth-order valence-electron chi connectivity index (χ4n) is 3.64. The number of anilines is 1. The van der Waals surface area contributed by atoms with Gasteiger partial charge in [0.15, 0.2) is 5.82 Å². The number of carbonyl (C=O) groups is 1. The van der Waals surface area contributed by atoms with Crippen LogP contribution in [0.25, 0.3) is 11.0 Å². The lowest BCUT2D eigenvalue weighted by molar-refractivity contribution is 0.0705. The number of amides is 1. The average molecular weight is 366 g/mol. The van der Waals surface area contributed by atoms with Gasteiger partial charge in [-0.05, 0) is 49.1 Å². The Kier molecular flexibility index (Phi) is 3.59. The van der Waals surface area contributed by atoms with E-state index < -0.39 is 0 Å². The number of benzene rings is 1. The number of carbonyl (C=O) groups excluding carboxylic acids is 1. The second-order valence-corrected chi connectivity index (χ2v) is 7.50. The summed E-state index contributed by atoms with van der Waals surface area (Å²) in [5, 5.41) is 8.71. The molecule has 0 saturated carbocycles. The first kappa shape index (κ1) is 15.6. The maximum atomic E-state index is 12.8. The number of fused-ring (bicyclic) bond motifs is 2. The van der Waals surface area contributed by atoms with Gasteiger partial charge in [-0.25, -0.2) is 0 Å². The summed E-state index contributed by atoms with van der Waals surface area (Å²) >= 11 is 1.17. The maximum absolute atomic E-state index is 12.8. The third-order valence-electron chi connectivity index (χ3n) is 5.36. The Bertz CT molecular complexity index is 996. The van der Waals surface area contributed by atoms with E-state index in [9.17, 15) is 4.79 Å². The number of hydrogen-bond acceptors (Lipinski definition) is 7. The van der Waals surface area contributed by atoms with Crippen molar-refractivity contribution in [3.8, 4) is 0 Å². The molecule has 1 fully saturated rings. The summed E-state index contributed by atoms with van der Waals surface area (Å²) in [7, 11) is 1.86. The lowest BCUT2D eigenvalue weighted by atomic mass is 10.1. The van der Waals surface area contributed by atoms with Crippen LogP contribution in [0.15, 0.2) is 24.3 Å². The summed E-state index contributed by atoms with van der Waals surface area (Å²) in [6.45, 7) is 1.58. The minimum absolute atomic E-state index is 0.0181. The van der Waals surface area contributed by atoms with Gasteiger partial charge in [0.05, 0.1) is 23.5 Å². The fraction of sp³-hybridized carbons (Fsp3) is 0.389. The van der Waals surface area contributed by atoms with Crippen molar-refractivity contribution >= 4 is 34.5 Å². The molecule has 1 saturated heterocycles. The van der Waals surface area contributed by atoms with Crippen LogP contribution in [0.4, 0.5) is 5.82 Å². The summed E-state index contributed by atoms with van der Waals surface area (Å²) < 4.78 is 8.40. The monoisotopic (exact) mass is 366 g/mol. The third kappa shape index (κ3) is 2.52. The lowest BCUT2D eigenvalue weighted by Crippen LogP contribution is -2.60. The Hall–Kier alpha value is -2.61. The molecule has 2 aliphatic rings. The highest BCUT2D eigenvalue weighted by Gasteiger charge is 2.34. The summed E-state index contributed by atoms with van der Waals surface area (Å²) in [6.07, 6.45) is 3.31. The Morgan fingerprint density at radius 2 is 2.00 bits per heavy atom. The number of likely N-dealkylation sites (N-methyl/N-ethyl adjacent to an activating group) is 1. The van der Waals surface area contributed by atoms with E-state index in [0.29, 0.717) is 5.56 Å². The van der Waals surface area contributed by atoms with Crippen LogP contribution in [0, 0.1) is 0 Å². The quantitative estimate of drug-likeness (QED) is 0.705. The van der Waals surface area contributed by atoms with E-state index in [1.165, 1.54) is 23.7 Å². The first-order valence-electron chi connectivity index (χ1n) is 8.79. The van der Waals surface area contributed by atoms with E-state index in [1.807, 2.05) is 30.1 Å². The van der Waals surface area contributed by atoms with E-state index in [0.717, 1.165) is 48.5 Å². The second-order valence-electron chi connectivity index (χ2n) is 6.97. The van der Waals surface area contributed by atoms with Crippen LogP contribution in [0.3, 0.4) is 0 Å². The van der Waals surface area contributed by atoms with Crippen LogP contribution in [0.2, 0.25) is 0 Å². The molecule has 3 heterocycles. The van der Waals surface area contributed by atoms with Crippen molar-refractivity contribution < 1.29 is 4.79 Å². The summed E-state index contributed by atoms with van der Waals surface area (Å²) in [6, 6.07) is 7.84. The van der Waals surface area contributed by atoms with Crippen LogP contribution in [0.1, 0.15) is 28.0 Å². The van der Waals surface area contributed by atoms with Crippen LogP contribution in [0.5, 0.6) is 0 Å². The average Bonchev–Trinajstić information content (AvgIpc) is 3.27. The second kappa shape index (κ2) is 5.98. The van der Waals surface area contributed by atoms with Crippen LogP contribution < -0.4 is 4.90 Å². The molecule has 5 rings (SSSR count). The Labute approximate surface area is 155 Å². The summed E-state index contributed by atoms with van der Waals surface area (Å²) in [5.74, 6) is 0.947. The molecule has 1 aliphatic carbocycles. The third-order valence-corrected chi connectivity index (χ3v) is 5.92. The van der Waals surface area contributed by atoms with Gasteiger partial charge in [0.2, 0.25) is 0 Å². The molecule has 1 aliphatic heterocycles. The molecule has 2 aromatic heterocycles. The molecule has 0 N–H and O–H groups in total. The van der Waals surface area contributed by atoms with Gasteiger partial charge in [-0.1, -0.05) is 0 Å². The zero-order valence-electron chi connectivity index (χ0n) is 14.4. The van der Waals surface area contributed by atoms with Gasteiger partial charge >= 0.3 is 0 Å². The molecule has 3 aromatic rings. The minimum Gasteiger partial charge on any atom is -0.351 e. The summed E-state index contributed by atoms with van der Waals surface area (Å²) in [5.41, 5.74) is 4.73. The van der Waals surface area contributed by atoms with E-state index in [4.69, 9.17) is 0 Å². The molecular formula is C18H18N6OS. The normalized spacial score (nSPS) is 16.6. The molecule has 0 bridgehead atoms. The number of aryl methyl sites for hydroxylation is 2. The Balaban J connectivity index is 1.27. The van der Waals surface area contributed by atoms with Gasteiger partial charge < -0.3 is 9.80 Å². The highest BCUT2D eigenvalue weighted by molar-refractivity contribution is 7.00. The summed E-state index contributed by atoms with van der Waals surface area (Å²) in [4.78, 5) is 16.8. The lowest BCUT2D eigenvalue weighted by Gasteiger charge is -2.44. The van der Waals surface area contributed by atoms with Crippen molar-refractivity contribution in [2.75, 3.05) is 25.0 Å². The van der Waals surface area contributed by atoms with Crippen molar-refractivity contribution in [2.24, 2.45) is 0 Å². The van der Waals surface area contributed by atoms with Crippen molar-refractivity contribution in [3.63, 3.8) is 0 Å². The van der Waals surface area contributed by atoms with E-state index in [1.54, 1.807) is 0 Å². The molecule has 0 atom stereocenters. The largest absolute Gasteiger partial charge is 0.351 e. The minimum atomic E-state index is 0.0181. The van der Waals surface area contributed by atoms with Crippen LogP contribution in [-0.2, 0) is 12.8 Å². The van der Waals surface area contributed by atoms with Gasteiger partial charge in [-0.3, -0.25) is 4.79 Å². The zero-order valence-corrected chi connectivity index (χ0v) is 15.2. The molecule has 0 spiro atoms. The van der Waals surface area contributed by atoms with Crippen molar-refractivity contribution in [1.82, 2.24) is 23.8 Å². The molecule has 26 heavy (non-hydrogen) atoms. The number of aromatic nitrogens is 4. The smallest absolute Gasteiger partial charge is 0.254 e. The SMILES string of the molecule is CN(C(=O)c1ccc2nsnc2c1)C1CN(c2cc3c(nn2)CCC3)C1. The number of hydrogen-bond donors (Lipinski definition) is 0. The first-order chi connectivity index (χ1) is 12.7. The Morgan fingerprint density at radius 3 is 2.88 bits per heavy atom. The molecular weight excluding hydrogens is 348 g/mol. The zero-order chi connectivity index (χ0) is 17.7. The molecule has 132 valence electrons. The highest BCUT2D eigenvalue weighted by atomic mass is 32.1. The molecule has 1 aromatic carbocycles. The molecule has 8 heteroatoms. The van der Waals surface area contributed by atoms with Gasteiger partial charge in [-0.2, -0.15) is 13.8 Å². The van der Waals surface area contributed by atoms with E-state index in [2.05, 4.69) is 29.9 Å². The predicted molar refractivity (Wildman–Crippen MR) is 99.6 cm³/mol. The van der Waals surface area contributed by atoms with Crippen LogP contribution >= 0.6 is 11.7 Å². The van der Waals surface area contributed by atoms with Crippen LogP contribution in [-0.4, -0.2) is 55.9 Å². The molecule has 1 amide bonds. The van der Waals surface area contributed by atoms with Crippen molar-refractivity contribution in [2.45, 2.75) is 25.3 Å². The number of nitrogens with zero attached hydrogens (tertiary/aromatic N) is 6. The van der Waals surface area contributed by atoms with Gasteiger partial charge in [0.25, 0.3) is 5.91 Å². The Morgan fingerprint density at radius 1 is 1.15 bits per heavy atom. The van der Waals surface area contributed by atoms with Crippen molar-refractivity contribution in [3.05, 3.63) is 41.1 Å². The first-order valence-corrected chi connectivity index (χ1v) is 9.52. The fourth-order valence-corrected chi connectivity index (χ4v) is 4.16. The molecule has 7 nitrogen and oxygen atoms in total. The predicted octanol–water partition coefficient (Wildman–Crippen LogP) is 1.93.